The first kappa shape index (κ1) is 11.4. The second-order valence-corrected chi connectivity index (χ2v) is 5.12. The Labute approximate surface area is 106 Å². The van der Waals surface area contributed by atoms with Gasteiger partial charge >= 0.3 is 0 Å². The average Bonchev–Trinajstić information content (AvgIpc) is 2.75. The van der Waals surface area contributed by atoms with Gasteiger partial charge in [-0.05, 0) is 42.1 Å². The molecule has 0 fully saturated rings. The van der Waals surface area contributed by atoms with Crippen molar-refractivity contribution in [3.05, 3.63) is 50.6 Å². The number of thiophene rings is 1. The minimum atomic E-state index is -0.0633. The lowest BCUT2D eigenvalue weighted by Crippen LogP contribution is -2.11. The van der Waals surface area contributed by atoms with E-state index in [4.69, 9.17) is 0 Å². The van der Waals surface area contributed by atoms with E-state index in [9.17, 15) is 4.79 Å². The fourth-order valence-corrected chi connectivity index (χ4v) is 2.47. The van der Waals surface area contributed by atoms with Crippen molar-refractivity contribution in [3.63, 3.8) is 0 Å². The third kappa shape index (κ3) is 2.51. The van der Waals surface area contributed by atoms with Crippen LogP contribution in [0.1, 0.15) is 15.9 Å². The standard InChI is InChI=1S/C12H10BrNOS/c1-8-6-10(13)2-3-11(8)14-12(15)9-4-5-16-7-9/h2-7H,1H3,(H,14,15). The normalized spacial score (nSPS) is 10.1. The quantitative estimate of drug-likeness (QED) is 0.889. The summed E-state index contributed by atoms with van der Waals surface area (Å²) in [7, 11) is 0. The number of hydrogen-bond donors (Lipinski definition) is 1. The van der Waals surface area contributed by atoms with Crippen LogP contribution in [0.5, 0.6) is 0 Å². The molecule has 0 aliphatic rings. The Morgan fingerprint density at radius 2 is 2.19 bits per heavy atom. The zero-order chi connectivity index (χ0) is 11.5. The molecule has 0 spiro atoms. The second kappa shape index (κ2) is 4.80. The zero-order valence-electron chi connectivity index (χ0n) is 8.66. The van der Waals surface area contributed by atoms with Crippen LogP contribution in [0, 0.1) is 6.92 Å². The molecule has 82 valence electrons. The summed E-state index contributed by atoms with van der Waals surface area (Å²) in [6.45, 7) is 1.97. The van der Waals surface area contributed by atoms with Gasteiger partial charge in [0.15, 0.2) is 0 Å². The van der Waals surface area contributed by atoms with Gasteiger partial charge in [0.25, 0.3) is 5.91 Å². The minimum absolute atomic E-state index is 0.0633. The van der Waals surface area contributed by atoms with E-state index in [1.165, 1.54) is 11.3 Å². The van der Waals surface area contributed by atoms with Crippen molar-refractivity contribution in [1.82, 2.24) is 0 Å². The summed E-state index contributed by atoms with van der Waals surface area (Å²) in [6.07, 6.45) is 0. The summed E-state index contributed by atoms with van der Waals surface area (Å²) in [4.78, 5) is 11.8. The molecule has 16 heavy (non-hydrogen) atoms. The molecule has 1 amide bonds. The Kier molecular flexibility index (Phi) is 3.41. The SMILES string of the molecule is Cc1cc(Br)ccc1NC(=O)c1ccsc1. The summed E-state index contributed by atoms with van der Waals surface area (Å²) in [5.41, 5.74) is 2.59. The number of benzene rings is 1. The van der Waals surface area contributed by atoms with Crippen LogP contribution in [0.25, 0.3) is 0 Å². The first-order valence-electron chi connectivity index (χ1n) is 4.76. The zero-order valence-corrected chi connectivity index (χ0v) is 11.1. The number of hydrogen-bond acceptors (Lipinski definition) is 2. The highest BCUT2D eigenvalue weighted by atomic mass is 79.9. The molecule has 2 aromatic rings. The van der Waals surface area contributed by atoms with Gasteiger partial charge in [-0.1, -0.05) is 15.9 Å². The predicted molar refractivity (Wildman–Crippen MR) is 71.2 cm³/mol. The van der Waals surface area contributed by atoms with Crippen LogP contribution in [-0.2, 0) is 0 Å². The number of carbonyl (C=O) groups is 1. The van der Waals surface area contributed by atoms with E-state index < -0.39 is 0 Å². The average molecular weight is 296 g/mol. The van der Waals surface area contributed by atoms with Gasteiger partial charge in [0, 0.05) is 15.5 Å². The molecule has 0 radical (unpaired) electrons. The molecule has 0 unspecified atom stereocenters. The van der Waals surface area contributed by atoms with Gasteiger partial charge in [0.05, 0.1) is 5.56 Å². The minimum Gasteiger partial charge on any atom is -0.322 e. The molecular formula is C12H10BrNOS. The Morgan fingerprint density at radius 1 is 1.38 bits per heavy atom. The molecule has 1 aromatic carbocycles. The highest BCUT2D eigenvalue weighted by Gasteiger charge is 2.07. The molecule has 2 nitrogen and oxygen atoms in total. The summed E-state index contributed by atoms with van der Waals surface area (Å²) >= 11 is 4.91. The number of rotatable bonds is 2. The molecular weight excluding hydrogens is 286 g/mol. The predicted octanol–water partition coefficient (Wildman–Crippen LogP) is 4.07. The van der Waals surface area contributed by atoms with Crippen molar-refractivity contribution >= 4 is 38.9 Å². The highest BCUT2D eigenvalue weighted by Crippen LogP contribution is 2.20. The molecule has 0 saturated heterocycles. The Morgan fingerprint density at radius 3 is 2.81 bits per heavy atom. The Hall–Kier alpha value is -1.13. The maximum atomic E-state index is 11.8. The lowest BCUT2D eigenvalue weighted by atomic mass is 10.2. The molecule has 0 atom stereocenters. The molecule has 1 N–H and O–H groups in total. The third-order valence-electron chi connectivity index (χ3n) is 2.22. The largest absolute Gasteiger partial charge is 0.322 e. The van der Waals surface area contributed by atoms with Crippen LogP contribution in [0.4, 0.5) is 5.69 Å². The number of carbonyl (C=O) groups excluding carboxylic acids is 1. The number of nitrogens with one attached hydrogen (secondary N) is 1. The molecule has 4 heteroatoms. The van der Waals surface area contributed by atoms with Crippen molar-refractivity contribution in [1.29, 1.82) is 0 Å². The molecule has 0 saturated carbocycles. The van der Waals surface area contributed by atoms with Gasteiger partial charge in [0.2, 0.25) is 0 Å². The molecule has 0 aliphatic carbocycles. The van der Waals surface area contributed by atoms with Gasteiger partial charge in [-0.2, -0.15) is 11.3 Å². The first-order chi connectivity index (χ1) is 7.66. The fraction of sp³-hybridized carbons (Fsp3) is 0.0833. The van der Waals surface area contributed by atoms with Crippen LogP contribution in [0.3, 0.4) is 0 Å². The maximum Gasteiger partial charge on any atom is 0.256 e. The Balaban J connectivity index is 2.18. The molecule has 2 rings (SSSR count). The van der Waals surface area contributed by atoms with E-state index in [2.05, 4.69) is 21.2 Å². The van der Waals surface area contributed by atoms with Crippen LogP contribution in [-0.4, -0.2) is 5.91 Å². The van der Waals surface area contributed by atoms with E-state index in [0.29, 0.717) is 5.56 Å². The lowest BCUT2D eigenvalue weighted by molar-refractivity contribution is 0.102. The van der Waals surface area contributed by atoms with E-state index in [-0.39, 0.29) is 5.91 Å². The van der Waals surface area contributed by atoms with Crippen molar-refractivity contribution in [2.75, 3.05) is 5.32 Å². The summed E-state index contributed by atoms with van der Waals surface area (Å²) in [5.74, 6) is -0.0633. The summed E-state index contributed by atoms with van der Waals surface area (Å²) < 4.78 is 1.01. The van der Waals surface area contributed by atoms with E-state index in [1.807, 2.05) is 41.9 Å². The number of aryl methyl sites for hydroxylation is 1. The van der Waals surface area contributed by atoms with Crippen LogP contribution in [0.15, 0.2) is 39.5 Å². The third-order valence-corrected chi connectivity index (χ3v) is 3.40. The van der Waals surface area contributed by atoms with Crippen LogP contribution >= 0.6 is 27.3 Å². The van der Waals surface area contributed by atoms with Crippen molar-refractivity contribution in [2.45, 2.75) is 6.92 Å². The van der Waals surface area contributed by atoms with Crippen LogP contribution in [0.2, 0.25) is 0 Å². The van der Waals surface area contributed by atoms with Gasteiger partial charge < -0.3 is 5.32 Å². The Bertz CT molecular complexity index is 508. The lowest BCUT2D eigenvalue weighted by Gasteiger charge is -2.07. The maximum absolute atomic E-state index is 11.8. The van der Waals surface area contributed by atoms with Gasteiger partial charge in [-0.3, -0.25) is 4.79 Å². The van der Waals surface area contributed by atoms with Gasteiger partial charge in [-0.25, -0.2) is 0 Å². The highest BCUT2D eigenvalue weighted by molar-refractivity contribution is 9.10. The molecule has 1 heterocycles. The number of amides is 1. The van der Waals surface area contributed by atoms with Crippen molar-refractivity contribution < 1.29 is 4.79 Å². The number of halogens is 1. The smallest absolute Gasteiger partial charge is 0.256 e. The molecule has 0 aliphatic heterocycles. The monoisotopic (exact) mass is 295 g/mol. The topological polar surface area (TPSA) is 29.1 Å². The van der Waals surface area contributed by atoms with E-state index in [0.717, 1.165) is 15.7 Å². The van der Waals surface area contributed by atoms with E-state index in [1.54, 1.807) is 0 Å². The van der Waals surface area contributed by atoms with E-state index >= 15 is 0 Å². The van der Waals surface area contributed by atoms with Gasteiger partial charge in [0.1, 0.15) is 0 Å². The fourth-order valence-electron chi connectivity index (χ4n) is 1.36. The van der Waals surface area contributed by atoms with Crippen LogP contribution < -0.4 is 5.32 Å². The van der Waals surface area contributed by atoms with Crippen molar-refractivity contribution in [3.8, 4) is 0 Å². The summed E-state index contributed by atoms with van der Waals surface area (Å²) in [5, 5.41) is 6.62. The number of anilines is 1. The molecule has 1 aromatic heterocycles. The van der Waals surface area contributed by atoms with Crippen molar-refractivity contribution in [2.24, 2.45) is 0 Å². The van der Waals surface area contributed by atoms with Gasteiger partial charge in [-0.15, -0.1) is 0 Å². The second-order valence-electron chi connectivity index (χ2n) is 3.43. The molecule has 0 bridgehead atoms. The summed E-state index contributed by atoms with van der Waals surface area (Å²) in [6, 6.07) is 7.59. The first-order valence-corrected chi connectivity index (χ1v) is 6.50.